The number of rotatable bonds is 3. The largest absolute Gasteiger partial charge is 0.391 e. The van der Waals surface area contributed by atoms with E-state index in [1.807, 2.05) is 35.2 Å². The SMILES string of the molecule is Cn1c(=O)c(=O)n(C)c2cc(Nc3ccc(N4CCC(C(F)(F)F)CC4)cc3)ccc21. The Morgan fingerprint density at radius 3 is 1.97 bits per heavy atom. The maximum absolute atomic E-state index is 12.9. The summed E-state index contributed by atoms with van der Waals surface area (Å²) in [5.41, 5.74) is 2.55. The molecule has 0 saturated carbocycles. The Morgan fingerprint density at radius 2 is 1.39 bits per heavy atom. The van der Waals surface area contributed by atoms with Gasteiger partial charge in [-0.2, -0.15) is 13.2 Å². The second-order valence-electron chi connectivity index (χ2n) is 7.91. The number of alkyl halides is 3. The fraction of sp³-hybridized carbons (Fsp3) is 0.364. The van der Waals surface area contributed by atoms with Gasteiger partial charge in [0.2, 0.25) is 0 Å². The quantitative estimate of drug-likeness (QED) is 0.641. The lowest BCUT2D eigenvalue weighted by molar-refractivity contribution is -0.179. The summed E-state index contributed by atoms with van der Waals surface area (Å²) in [4.78, 5) is 26.0. The molecule has 1 aromatic heterocycles. The summed E-state index contributed by atoms with van der Waals surface area (Å²) in [6.07, 6.45) is -3.89. The van der Waals surface area contributed by atoms with Gasteiger partial charge in [0.05, 0.1) is 17.0 Å². The van der Waals surface area contributed by atoms with Crippen LogP contribution in [0.1, 0.15) is 12.8 Å². The zero-order valence-corrected chi connectivity index (χ0v) is 17.2. The molecule has 31 heavy (non-hydrogen) atoms. The minimum atomic E-state index is -4.12. The predicted octanol–water partition coefficient (Wildman–Crippen LogP) is 3.76. The van der Waals surface area contributed by atoms with Crippen LogP contribution >= 0.6 is 0 Å². The molecule has 0 atom stereocenters. The number of halogens is 3. The fourth-order valence-corrected chi connectivity index (χ4v) is 4.05. The zero-order chi connectivity index (χ0) is 22.3. The van der Waals surface area contributed by atoms with Crippen molar-refractivity contribution >= 4 is 28.1 Å². The molecule has 0 spiro atoms. The van der Waals surface area contributed by atoms with E-state index in [-0.39, 0.29) is 12.8 Å². The van der Waals surface area contributed by atoms with E-state index in [0.29, 0.717) is 24.1 Å². The number of hydrogen-bond acceptors (Lipinski definition) is 4. The number of benzene rings is 2. The molecule has 3 aromatic rings. The third kappa shape index (κ3) is 4.04. The lowest BCUT2D eigenvalue weighted by Gasteiger charge is -2.34. The van der Waals surface area contributed by atoms with Crippen molar-refractivity contribution in [2.75, 3.05) is 23.3 Å². The maximum Gasteiger partial charge on any atom is 0.391 e. The van der Waals surface area contributed by atoms with Crippen molar-refractivity contribution in [3.8, 4) is 0 Å². The molecule has 2 heterocycles. The zero-order valence-electron chi connectivity index (χ0n) is 17.2. The molecule has 0 aliphatic carbocycles. The number of aromatic nitrogens is 2. The van der Waals surface area contributed by atoms with Crippen molar-refractivity contribution < 1.29 is 13.2 Å². The molecule has 2 aromatic carbocycles. The summed E-state index contributed by atoms with van der Waals surface area (Å²) in [6, 6.07) is 12.9. The summed E-state index contributed by atoms with van der Waals surface area (Å²) in [5.74, 6) is -1.21. The van der Waals surface area contributed by atoms with Crippen LogP contribution in [0.15, 0.2) is 52.1 Å². The van der Waals surface area contributed by atoms with Gasteiger partial charge in [-0.1, -0.05) is 0 Å². The molecule has 0 amide bonds. The van der Waals surface area contributed by atoms with E-state index in [1.54, 1.807) is 26.2 Å². The van der Waals surface area contributed by atoms with Crippen LogP contribution in [0.25, 0.3) is 11.0 Å². The highest BCUT2D eigenvalue weighted by molar-refractivity contribution is 5.81. The second-order valence-corrected chi connectivity index (χ2v) is 7.91. The topological polar surface area (TPSA) is 59.3 Å². The van der Waals surface area contributed by atoms with Gasteiger partial charge in [0.1, 0.15) is 0 Å². The van der Waals surface area contributed by atoms with Crippen LogP contribution in [0.3, 0.4) is 0 Å². The molecule has 4 rings (SSSR count). The lowest BCUT2D eigenvalue weighted by atomic mass is 9.96. The Balaban J connectivity index is 1.50. The Bertz CT molecular complexity index is 1220. The highest BCUT2D eigenvalue weighted by Crippen LogP contribution is 2.35. The predicted molar refractivity (Wildman–Crippen MR) is 115 cm³/mol. The fourth-order valence-electron chi connectivity index (χ4n) is 4.05. The van der Waals surface area contributed by atoms with Crippen LogP contribution in [0.2, 0.25) is 0 Å². The number of nitrogens with zero attached hydrogens (tertiary/aromatic N) is 3. The highest BCUT2D eigenvalue weighted by Gasteiger charge is 2.41. The van der Waals surface area contributed by atoms with E-state index in [0.717, 1.165) is 17.1 Å². The van der Waals surface area contributed by atoms with Crippen LogP contribution in [-0.4, -0.2) is 28.4 Å². The van der Waals surface area contributed by atoms with E-state index in [1.165, 1.54) is 9.13 Å². The van der Waals surface area contributed by atoms with Gasteiger partial charge >= 0.3 is 17.3 Å². The average molecular weight is 432 g/mol. The molecule has 9 heteroatoms. The highest BCUT2D eigenvalue weighted by atomic mass is 19.4. The Hall–Kier alpha value is -3.23. The minimum absolute atomic E-state index is 0.113. The number of piperidine rings is 1. The summed E-state index contributed by atoms with van der Waals surface area (Å²) < 4.78 is 41.2. The molecule has 1 fully saturated rings. The second kappa shape index (κ2) is 7.79. The third-order valence-corrected chi connectivity index (χ3v) is 5.97. The standard InChI is InChI=1S/C22H23F3N4O2/c1-27-18-8-5-16(13-19(18)28(2)21(31)20(27)30)26-15-3-6-17(7-4-15)29-11-9-14(10-12-29)22(23,24)25/h3-8,13-14,26H,9-12H2,1-2H3. The molecule has 1 aliphatic heterocycles. The van der Waals surface area contributed by atoms with Crippen LogP contribution in [-0.2, 0) is 14.1 Å². The number of hydrogen-bond donors (Lipinski definition) is 1. The first-order valence-electron chi connectivity index (χ1n) is 10.0. The monoisotopic (exact) mass is 432 g/mol. The van der Waals surface area contributed by atoms with Crippen LogP contribution in [0.5, 0.6) is 0 Å². The Kier molecular flexibility index (Phi) is 5.28. The summed E-state index contributed by atoms with van der Waals surface area (Å²) in [5, 5.41) is 3.26. The normalized spacial score (nSPS) is 15.5. The van der Waals surface area contributed by atoms with Crippen LogP contribution < -0.4 is 21.3 Å². The molecule has 0 unspecified atom stereocenters. The maximum atomic E-state index is 12.9. The van der Waals surface area contributed by atoms with E-state index in [9.17, 15) is 22.8 Å². The molecule has 1 aliphatic rings. The van der Waals surface area contributed by atoms with Gasteiger partial charge in [0, 0.05) is 44.2 Å². The third-order valence-electron chi connectivity index (χ3n) is 5.97. The van der Waals surface area contributed by atoms with E-state index >= 15 is 0 Å². The summed E-state index contributed by atoms with van der Waals surface area (Å²) in [6.45, 7) is 0.767. The summed E-state index contributed by atoms with van der Waals surface area (Å²) in [7, 11) is 3.13. The molecular formula is C22H23F3N4O2. The van der Waals surface area contributed by atoms with Crippen LogP contribution in [0, 0.1) is 5.92 Å². The number of nitrogens with one attached hydrogen (secondary N) is 1. The molecule has 6 nitrogen and oxygen atoms in total. The Labute approximate surface area is 176 Å². The van der Waals surface area contributed by atoms with E-state index in [2.05, 4.69) is 5.32 Å². The van der Waals surface area contributed by atoms with Crippen molar-refractivity contribution in [1.82, 2.24) is 9.13 Å². The van der Waals surface area contributed by atoms with Gasteiger partial charge in [-0.15, -0.1) is 0 Å². The van der Waals surface area contributed by atoms with Crippen molar-refractivity contribution in [2.45, 2.75) is 19.0 Å². The first-order chi connectivity index (χ1) is 14.6. The average Bonchev–Trinajstić information content (AvgIpc) is 2.76. The number of fused-ring (bicyclic) bond motifs is 1. The van der Waals surface area contributed by atoms with Crippen molar-refractivity contribution in [1.29, 1.82) is 0 Å². The van der Waals surface area contributed by atoms with E-state index in [4.69, 9.17) is 0 Å². The number of aryl methyl sites for hydroxylation is 2. The van der Waals surface area contributed by atoms with Crippen molar-refractivity contribution in [2.24, 2.45) is 20.0 Å². The first-order valence-corrected chi connectivity index (χ1v) is 10.0. The molecule has 1 saturated heterocycles. The van der Waals surface area contributed by atoms with Gasteiger partial charge in [0.25, 0.3) is 0 Å². The lowest BCUT2D eigenvalue weighted by Crippen LogP contribution is -2.39. The van der Waals surface area contributed by atoms with Crippen LogP contribution in [0.4, 0.5) is 30.2 Å². The smallest absolute Gasteiger partial charge is 0.372 e. The molecular weight excluding hydrogens is 409 g/mol. The summed E-state index contributed by atoms with van der Waals surface area (Å²) >= 11 is 0. The van der Waals surface area contributed by atoms with Gasteiger partial charge < -0.3 is 19.4 Å². The van der Waals surface area contributed by atoms with E-state index < -0.39 is 23.2 Å². The number of anilines is 3. The van der Waals surface area contributed by atoms with Crippen molar-refractivity contribution in [3.05, 3.63) is 63.2 Å². The molecule has 1 N–H and O–H groups in total. The molecule has 164 valence electrons. The van der Waals surface area contributed by atoms with Gasteiger partial charge in [-0.3, -0.25) is 9.59 Å². The van der Waals surface area contributed by atoms with Gasteiger partial charge in [-0.25, -0.2) is 0 Å². The van der Waals surface area contributed by atoms with Gasteiger partial charge in [-0.05, 0) is 55.3 Å². The first kappa shape index (κ1) is 21.0. The Morgan fingerprint density at radius 1 is 0.839 bits per heavy atom. The molecule has 0 bridgehead atoms. The van der Waals surface area contributed by atoms with Crippen molar-refractivity contribution in [3.63, 3.8) is 0 Å². The molecule has 0 radical (unpaired) electrons. The van der Waals surface area contributed by atoms with Gasteiger partial charge in [0.15, 0.2) is 0 Å². The minimum Gasteiger partial charge on any atom is -0.372 e.